The highest BCUT2D eigenvalue weighted by molar-refractivity contribution is 5.90. The smallest absolute Gasteiger partial charge is 0.325 e. The molecule has 0 atom stereocenters. The van der Waals surface area contributed by atoms with Gasteiger partial charge in [-0.1, -0.05) is 0 Å². The average molecular weight is 261 g/mol. The van der Waals surface area contributed by atoms with Gasteiger partial charge in [-0.15, -0.1) is 0 Å². The quantitative estimate of drug-likeness (QED) is 0.906. The Morgan fingerprint density at radius 1 is 1.47 bits per heavy atom. The van der Waals surface area contributed by atoms with Crippen molar-refractivity contribution in [2.45, 2.75) is 13.5 Å². The van der Waals surface area contributed by atoms with E-state index in [4.69, 9.17) is 0 Å². The van der Waals surface area contributed by atoms with Gasteiger partial charge in [-0.25, -0.2) is 14.2 Å². The summed E-state index contributed by atoms with van der Waals surface area (Å²) >= 11 is 0. The SMILES string of the molecule is Cc1cc(NC(=O)Cn2cccnc2=O)ccc1F. The van der Waals surface area contributed by atoms with Crippen LogP contribution in [0.25, 0.3) is 0 Å². The number of rotatable bonds is 3. The molecule has 0 saturated heterocycles. The highest BCUT2D eigenvalue weighted by Crippen LogP contribution is 2.13. The minimum atomic E-state index is -0.493. The molecule has 19 heavy (non-hydrogen) atoms. The van der Waals surface area contributed by atoms with Crippen molar-refractivity contribution in [3.63, 3.8) is 0 Å². The van der Waals surface area contributed by atoms with Gasteiger partial charge in [0.25, 0.3) is 0 Å². The number of carbonyl (C=O) groups excluding carboxylic acids is 1. The maximum Gasteiger partial charge on any atom is 0.347 e. The standard InChI is InChI=1S/C13H12FN3O2/c1-9-7-10(3-4-11(9)14)16-12(18)8-17-6-2-5-15-13(17)19/h2-7H,8H2,1H3,(H,16,18). The molecular formula is C13H12FN3O2. The summed E-state index contributed by atoms with van der Waals surface area (Å²) in [5, 5.41) is 2.59. The summed E-state index contributed by atoms with van der Waals surface area (Å²) in [6.45, 7) is 1.47. The molecule has 98 valence electrons. The Balaban J connectivity index is 2.08. The van der Waals surface area contributed by atoms with Crippen molar-refractivity contribution in [3.8, 4) is 0 Å². The Morgan fingerprint density at radius 2 is 2.26 bits per heavy atom. The molecule has 0 fully saturated rings. The van der Waals surface area contributed by atoms with Gasteiger partial charge in [0, 0.05) is 18.1 Å². The van der Waals surface area contributed by atoms with E-state index < -0.39 is 5.69 Å². The first kappa shape index (κ1) is 12.9. The van der Waals surface area contributed by atoms with E-state index in [-0.39, 0.29) is 18.3 Å². The fourth-order valence-corrected chi connectivity index (χ4v) is 1.59. The topological polar surface area (TPSA) is 64.0 Å². The zero-order valence-corrected chi connectivity index (χ0v) is 10.3. The molecule has 2 rings (SSSR count). The molecule has 0 aliphatic rings. The second kappa shape index (κ2) is 5.43. The summed E-state index contributed by atoms with van der Waals surface area (Å²) in [5.74, 6) is -0.706. The van der Waals surface area contributed by atoms with Crippen LogP contribution in [0, 0.1) is 12.7 Å². The largest absolute Gasteiger partial charge is 0.347 e. The lowest BCUT2D eigenvalue weighted by molar-refractivity contribution is -0.116. The van der Waals surface area contributed by atoms with Crippen molar-refractivity contribution in [3.05, 3.63) is 58.5 Å². The predicted octanol–water partition coefficient (Wildman–Crippen LogP) is 1.33. The van der Waals surface area contributed by atoms with Gasteiger partial charge in [0.2, 0.25) is 5.91 Å². The van der Waals surface area contributed by atoms with E-state index >= 15 is 0 Å². The highest BCUT2D eigenvalue weighted by atomic mass is 19.1. The Bertz CT molecular complexity index is 667. The molecule has 0 unspecified atom stereocenters. The van der Waals surface area contributed by atoms with Gasteiger partial charge in [-0.3, -0.25) is 9.36 Å². The maximum atomic E-state index is 13.1. The second-order valence-electron chi connectivity index (χ2n) is 4.04. The highest BCUT2D eigenvalue weighted by Gasteiger charge is 2.06. The molecule has 0 radical (unpaired) electrons. The molecule has 0 spiro atoms. The fraction of sp³-hybridized carbons (Fsp3) is 0.154. The second-order valence-corrected chi connectivity index (χ2v) is 4.04. The van der Waals surface area contributed by atoms with Gasteiger partial charge in [0.1, 0.15) is 12.4 Å². The third kappa shape index (κ3) is 3.25. The molecule has 0 saturated carbocycles. The van der Waals surface area contributed by atoms with Gasteiger partial charge < -0.3 is 5.32 Å². The minimum absolute atomic E-state index is 0.136. The molecule has 2 aromatic rings. The number of aromatic nitrogens is 2. The molecule has 1 amide bonds. The minimum Gasteiger partial charge on any atom is -0.325 e. The summed E-state index contributed by atoms with van der Waals surface area (Å²) in [6, 6.07) is 5.84. The number of carbonyl (C=O) groups is 1. The van der Waals surface area contributed by atoms with Crippen molar-refractivity contribution in [2.75, 3.05) is 5.32 Å². The molecular weight excluding hydrogens is 249 g/mol. The van der Waals surface area contributed by atoms with E-state index in [0.29, 0.717) is 11.3 Å². The van der Waals surface area contributed by atoms with Crippen LogP contribution in [0.4, 0.5) is 10.1 Å². The maximum absolute atomic E-state index is 13.1. The Hall–Kier alpha value is -2.50. The van der Waals surface area contributed by atoms with Crippen LogP contribution in [0.5, 0.6) is 0 Å². The first-order chi connectivity index (χ1) is 9.06. The van der Waals surface area contributed by atoms with Crippen LogP contribution >= 0.6 is 0 Å². The third-order valence-electron chi connectivity index (χ3n) is 2.54. The monoisotopic (exact) mass is 261 g/mol. The number of amides is 1. The third-order valence-corrected chi connectivity index (χ3v) is 2.54. The Morgan fingerprint density at radius 3 is 2.95 bits per heavy atom. The van der Waals surface area contributed by atoms with Gasteiger partial charge in [-0.05, 0) is 36.8 Å². The number of nitrogens with one attached hydrogen (secondary N) is 1. The summed E-state index contributed by atoms with van der Waals surface area (Å²) in [7, 11) is 0. The number of aryl methyl sites for hydroxylation is 1. The van der Waals surface area contributed by atoms with Crippen LogP contribution in [-0.2, 0) is 11.3 Å². The number of hydrogen-bond donors (Lipinski definition) is 1. The zero-order valence-electron chi connectivity index (χ0n) is 10.3. The number of halogens is 1. The molecule has 0 aliphatic carbocycles. The first-order valence-corrected chi connectivity index (χ1v) is 5.64. The van der Waals surface area contributed by atoms with Gasteiger partial charge in [0.15, 0.2) is 0 Å². The zero-order chi connectivity index (χ0) is 13.8. The van der Waals surface area contributed by atoms with Crippen LogP contribution in [0.3, 0.4) is 0 Å². The van der Waals surface area contributed by atoms with Crippen LogP contribution in [0.15, 0.2) is 41.5 Å². The molecule has 0 bridgehead atoms. The van der Waals surface area contributed by atoms with Crippen molar-refractivity contribution < 1.29 is 9.18 Å². The van der Waals surface area contributed by atoms with E-state index in [2.05, 4.69) is 10.3 Å². The van der Waals surface area contributed by atoms with Crippen molar-refractivity contribution in [1.29, 1.82) is 0 Å². The van der Waals surface area contributed by atoms with Crippen molar-refractivity contribution in [2.24, 2.45) is 0 Å². The van der Waals surface area contributed by atoms with Gasteiger partial charge in [0.05, 0.1) is 0 Å². The Kier molecular flexibility index (Phi) is 3.70. The van der Waals surface area contributed by atoms with Crippen LogP contribution in [0.1, 0.15) is 5.56 Å². The van der Waals surface area contributed by atoms with Gasteiger partial charge >= 0.3 is 5.69 Å². The molecule has 1 aromatic heterocycles. The first-order valence-electron chi connectivity index (χ1n) is 5.64. The van der Waals surface area contributed by atoms with E-state index in [1.807, 2.05) is 0 Å². The summed E-state index contributed by atoms with van der Waals surface area (Å²) in [5.41, 5.74) is 0.435. The molecule has 1 N–H and O–H groups in total. The van der Waals surface area contributed by atoms with E-state index in [0.717, 1.165) is 0 Å². The molecule has 0 aliphatic heterocycles. The van der Waals surface area contributed by atoms with Crippen molar-refractivity contribution in [1.82, 2.24) is 9.55 Å². The average Bonchev–Trinajstić information content (AvgIpc) is 2.37. The molecule has 1 aromatic carbocycles. The fourth-order valence-electron chi connectivity index (χ4n) is 1.59. The lowest BCUT2D eigenvalue weighted by Gasteiger charge is -2.07. The van der Waals surface area contributed by atoms with Crippen LogP contribution in [0.2, 0.25) is 0 Å². The van der Waals surface area contributed by atoms with Crippen molar-refractivity contribution >= 4 is 11.6 Å². The molecule has 1 heterocycles. The number of nitrogens with zero attached hydrogens (tertiary/aromatic N) is 2. The van der Waals surface area contributed by atoms with E-state index in [1.165, 1.54) is 35.2 Å². The van der Waals surface area contributed by atoms with Crippen LogP contribution < -0.4 is 11.0 Å². The number of benzene rings is 1. The summed E-state index contributed by atoms with van der Waals surface area (Å²) in [4.78, 5) is 26.6. The van der Waals surface area contributed by atoms with E-state index in [1.54, 1.807) is 13.0 Å². The lowest BCUT2D eigenvalue weighted by atomic mass is 10.2. The molecule has 5 nitrogen and oxygen atoms in total. The van der Waals surface area contributed by atoms with E-state index in [9.17, 15) is 14.0 Å². The van der Waals surface area contributed by atoms with Crippen LogP contribution in [-0.4, -0.2) is 15.5 Å². The number of anilines is 1. The Labute approximate surface area is 108 Å². The van der Waals surface area contributed by atoms with Gasteiger partial charge in [-0.2, -0.15) is 0 Å². The number of hydrogen-bond acceptors (Lipinski definition) is 3. The summed E-state index contributed by atoms with van der Waals surface area (Å²) in [6.07, 6.45) is 2.84. The lowest BCUT2D eigenvalue weighted by Crippen LogP contribution is -2.28. The predicted molar refractivity (Wildman–Crippen MR) is 68.3 cm³/mol. The summed E-state index contributed by atoms with van der Waals surface area (Å²) < 4.78 is 14.3. The normalized spacial score (nSPS) is 10.2. The molecule has 6 heteroatoms.